The van der Waals surface area contributed by atoms with Crippen molar-refractivity contribution in [3.63, 3.8) is 0 Å². The van der Waals surface area contributed by atoms with Crippen LogP contribution in [0.1, 0.15) is 15.9 Å². The van der Waals surface area contributed by atoms with Gasteiger partial charge in [-0.1, -0.05) is 18.2 Å². The predicted molar refractivity (Wildman–Crippen MR) is 62.5 cm³/mol. The van der Waals surface area contributed by atoms with Gasteiger partial charge in [-0.05, 0) is 6.07 Å². The Kier molecular flexibility index (Phi) is 2.01. The van der Waals surface area contributed by atoms with Crippen LogP contribution in [0, 0.1) is 11.3 Å². The highest BCUT2D eigenvalue weighted by Gasteiger charge is 2.36. The fourth-order valence-corrected chi connectivity index (χ4v) is 3.02. The average Bonchev–Trinajstić information content (AvgIpc) is 2.64. The van der Waals surface area contributed by atoms with Gasteiger partial charge in [-0.2, -0.15) is 5.26 Å². The fraction of sp³-hybridized carbons (Fsp3) is 0.167. The molecule has 0 bridgehead atoms. The number of fused-ring (bicyclic) bond motifs is 3. The van der Waals surface area contributed by atoms with E-state index >= 15 is 0 Å². The molecule has 0 aromatic heterocycles. The number of nitrogens with zero attached hydrogens (tertiary/aromatic N) is 2. The first-order valence-electron chi connectivity index (χ1n) is 5.01. The zero-order chi connectivity index (χ0) is 11.1. The third-order valence-electron chi connectivity index (χ3n) is 2.81. The minimum atomic E-state index is 0.0265. The van der Waals surface area contributed by atoms with E-state index in [0.717, 1.165) is 17.0 Å². The standard InChI is InChI=1S/C12H8N2OS/c13-7-10-11-8-3-1-2-4-9(8)12(15)14(11)5-6-16-10/h1-4H,5-6H2. The largest absolute Gasteiger partial charge is 0.305 e. The van der Waals surface area contributed by atoms with Crippen LogP contribution in [-0.2, 0) is 0 Å². The van der Waals surface area contributed by atoms with Gasteiger partial charge in [0.05, 0.1) is 5.70 Å². The Hall–Kier alpha value is -1.73. The van der Waals surface area contributed by atoms with Crippen LogP contribution in [-0.4, -0.2) is 23.1 Å². The molecule has 0 saturated carbocycles. The van der Waals surface area contributed by atoms with Crippen LogP contribution in [0.5, 0.6) is 0 Å². The molecule has 2 aliphatic rings. The van der Waals surface area contributed by atoms with Crippen molar-refractivity contribution < 1.29 is 4.79 Å². The molecule has 2 aliphatic heterocycles. The molecule has 0 radical (unpaired) electrons. The van der Waals surface area contributed by atoms with E-state index < -0.39 is 0 Å². The number of amides is 1. The first kappa shape index (κ1) is 9.49. The summed E-state index contributed by atoms with van der Waals surface area (Å²) < 4.78 is 0. The summed E-state index contributed by atoms with van der Waals surface area (Å²) >= 11 is 1.53. The van der Waals surface area contributed by atoms with Gasteiger partial charge in [0.15, 0.2) is 0 Å². The number of hydrogen-bond acceptors (Lipinski definition) is 3. The lowest BCUT2D eigenvalue weighted by molar-refractivity contribution is 0.0856. The Morgan fingerprint density at radius 3 is 2.81 bits per heavy atom. The summed E-state index contributed by atoms with van der Waals surface area (Å²) in [6, 6.07) is 9.67. The molecule has 3 nitrogen and oxygen atoms in total. The molecule has 0 spiro atoms. The molecule has 2 heterocycles. The lowest BCUT2D eigenvalue weighted by atomic mass is 10.1. The summed E-state index contributed by atoms with van der Waals surface area (Å²) in [5, 5.41) is 9.08. The zero-order valence-electron chi connectivity index (χ0n) is 8.43. The molecule has 1 aromatic carbocycles. The molecule has 0 aliphatic carbocycles. The maximum atomic E-state index is 12.1. The third-order valence-corrected chi connectivity index (χ3v) is 3.77. The molecule has 1 aromatic rings. The van der Waals surface area contributed by atoms with Crippen molar-refractivity contribution in [3.8, 4) is 6.07 Å². The quantitative estimate of drug-likeness (QED) is 0.683. The van der Waals surface area contributed by atoms with Crippen LogP contribution in [0.2, 0.25) is 0 Å². The van der Waals surface area contributed by atoms with E-state index in [0.29, 0.717) is 17.0 Å². The van der Waals surface area contributed by atoms with Gasteiger partial charge >= 0.3 is 0 Å². The van der Waals surface area contributed by atoms with Gasteiger partial charge in [-0.15, -0.1) is 11.8 Å². The van der Waals surface area contributed by atoms with Gasteiger partial charge < -0.3 is 4.90 Å². The number of carbonyl (C=O) groups is 1. The Balaban J connectivity index is 2.30. The highest BCUT2D eigenvalue weighted by Crippen LogP contribution is 2.40. The number of allylic oxidation sites excluding steroid dienone is 1. The van der Waals surface area contributed by atoms with E-state index in [1.165, 1.54) is 11.8 Å². The highest BCUT2D eigenvalue weighted by atomic mass is 32.2. The summed E-state index contributed by atoms with van der Waals surface area (Å²) in [6.07, 6.45) is 0. The number of benzene rings is 1. The summed E-state index contributed by atoms with van der Waals surface area (Å²) in [5.74, 6) is 0.824. The molecule has 1 amide bonds. The Bertz CT molecular complexity index is 556. The lowest BCUT2D eigenvalue weighted by Crippen LogP contribution is -2.28. The van der Waals surface area contributed by atoms with E-state index in [4.69, 9.17) is 5.26 Å². The maximum absolute atomic E-state index is 12.1. The number of hydrogen-bond donors (Lipinski definition) is 0. The van der Waals surface area contributed by atoms with Crippen LogP contribution in [0.3, 0.4) is 0 Å². The first-order valence-corrected chi connectivity index (χ1v) is 6.00. The molecular weight excluding hydrogens is 220 g/mol. The van der Waals surface area contributed by atoms with Gasteiger partial charge in [-0.3, -0.25) is 4.79 Å². The van der Waals surface area contributed by atoms with E-state index in [9.17, 15) is 4.79 Å². The number of carbonyl (C=O) groups excluding carboxylic acids is 1. The molecule has 0 saturated heterocycles. The van der Waals surface area contributed by atoms with Crippen molar-refractivity contribution in [1.29, 1.82) is 5.26 Å². The van der Waals surface area contributed by atoms with E-state index in [1.807, 2.05) is 24.3 Å². The summed E-state index contributed by atoms with van der Waals surface area (Å²) in [6.45, 7) is 0.693. The third kappa shape index (κ3) is 1.12. The predicted octanol–water partition coefficient (Wildman–Crippen LogP) is 2.08. The van der Waals surface area contributed by atoms with Crippen molar-refractivity contribution in [2.45, 2.75) is 0 Å². The summed E-state index contributed by atoms with van der Waals surface area (Å²) in [5.41, 5.74) is 2.42. The fourth-order valence-electron chi connectivity index (χ4n) is 2.12. The molecule has 3 rings (SSSR count). The second-order valence-electron chi connectivity index (χ2n) is 3.64. The maximum Gasteiger partial charge on any atom is 0.259 e. The van der Waals surface area contributed by atoms with E-state index in [-0.39, 0.29) is 5.91 Å². The molecule has 0 fully saturated rings. The Morgan fingerprint density at radius 2 is 2.06 bits per heavy atom. The van der Waals surface area contributed by atoms with Crippen molar-refractivity contribution >= 4 is 23.4 Å². The molecule has 78 valence electrons. The Morgan fingerprint density at radius 1 is 1.31 bits per heavy atom. The van der Waals surface area contributed by atoms with Crippen molar-refractivity contribution in [2.24, 2.45) is 0 Å². The number of thioether (sulfide) groups is 1. The first-order chi connectivity index (χ1) is 7.83. The second-order valence-corrected chi connectivity index (χ2v) is 4.75. The normalized spacial score (nSPS) is 18.2. The number of rotatable bonds is 0. The van der Waals surface area contributed by atoms with Crippen LogP contribution in [0.25, 0.3) is 5.70 Å². The molecular formula is C12H8N2OS. The van der Waals surface area contributed by atoms with Crippen LogP contribution >= 0.6 is 11.8 Å². The topological polar surface area (TPSA) is 44.1 Å². The van der Waals surface area contributed by atoms with Crippen molar-refractivity contribution in [3.05, 3.63) is 40.3 Å². The molecule has 0 unspecified atom stereocenters. The van der Waals surface area contributed by atoms with E-state index in [1.54, 1.807) is 4.90 Å². The SMILES string of the molecule is N#CC1=C2c3ccccc3C(=O)N2CCS1. The van der Waals surface area contributed by atoms with Crippen molar-refractivity contribution in [2.75, 3.05) is 12.3 Å². The van der Waals surface area contributed by atoms with Crippen LogP contribution in [0.4, 0.5) is 0 Å². The molecule has 16 heavy (non-hydrogen) atoms. The van der Waals surface area contributed by atoms with Gasteiger partial charge in [0.2, 0.25) is 0 Å². The molecule has 0 atom stereocenters. The molecule has 0 N–H and O–H groups in total. The van der Waals surface area contributed by atoms with Crippen LogP contribution < -0.4 is 0 Å². The minimum absolute atomic E-state index is 0.0265. The average molecular weight is 228 g/mol. The second kappa shape index (κ2) is 3.39. The minimum Gasteiger partial charge on any atom is -0.305 e. The van der Waals surface area contributed by atoms with Gasteiger partial charge in [0.1, 0.15) is 11.0 Å². The highest BCUT2D eigenvalue weighted by molar-refractivity contribution is 8.03. The number of nitriles is 1. The van der Waals surface area contributed by atoms with E-state index in [2.05, 4.69) is 6.07 Å². The van der Waals surface area contributed by atoms with Gasteiger partial charge in [0, 0.05) is 23.4 Å². The van der Waals surface area contributed by atoms with Crippen LogP contribution in [0.15, 0.2) is 29.2 Å². The lowest BCUT2D eigenvalue weighted by Gasteiger charge is -2.23. The van der Waals surface area contributed by atoms with Gasteiger partial charge in [0.25, 0.3) is 5.91 Å². The summed E-state index contributed by atoms with van der Waals surface area (Å²) in [4.78, 5) is 14.4. The van der Waals surface area contributed by atoms with Gasteiger partial charge in [-0.25, -0.2) is 0 Å². The molecule has 4 heteroatoms. The Labute approximate surface area is 97.4 Å². The summed E-state index contributed by atoms with van der Waals surface area (Å²) in [7, 11) is 0. The monoisotopic (exact) mass is 228 g/mol. The smallest absolute Gasteiger partial charge is 0.259 e. The van der Waals surface area contributed by atoms with Crippen molar-refractivity contribution in [1.82, 2.24) is 4.90 Å². The zero-order valence-corrected chi connectivity index (χ0v) is 9.25.